The highest BCUT2D eigenvalue weighted by molar-refractivity contribution is 5.74. The van der Waals surface area contributed by atoms with E-state index < -0.39 is 0 Å². The van der Waals surface area contributed by atoms with Crippen molar-refractivity contribution >= 4 is 6.03 Å². The first-order valence-corrected chi connectivity index (χ1v) is 6.83. The van der Waals surface area contributed by atoms with Gasteiger partial charge in [0.1, 0.15) is 0 Å². The molecule has 0 radical (unpaired) electrons. The summed E-state index contributed by atoms with van der Waals surface area (Å²) < 4.78 is 0. The van der Waals surface area contributed by atoms with Gasteiger partial charge in [0.25, 0.3) is 0 Å². The summed E-state index contributed by atoms with van der Waals surface area (Å²) in [5.41, 5.74) is 0. The number of aliphatic hydroxyl groups is 1. The lowest BCUT2D eigenvalue weighted by atomic mass is 9.99. The van der Waals surface area contributed by atoms with E-state index in [1.54, 1.807) is 4.90 Å². The predicted molar refractivity (Wildman–Crippen MR) is 68.9 cm³/mol. The van der Waals surface area contributed by atoms with Gasteiger partial charge in [0.05, 0.1) is 6.61 Å². The van der Waals surface area contributed by atoms with E-state index in [9.17, 15) is 4.79 Å². The minimum Gasteiger partial charge on any atom is -0.395 e. The Kier molecular flexibility index (Phi) is 6.34. The second-order valence-corrected chi connectivity index (χ2v) is 5.02. The number of piperidine rings is 1. The topological polar surface area (TPSA) is 43.8 Å². The molecule has 1 saturated heterocycles. The van der Waals surface area contributed by atoms with Crippen molar-refractivity contribution in [2.24, 2.45) is 5.92 Å². The summed E-state index contributed by atoms with van der Waals surface area (Å²) in [7, 11) is 0. The summed E-state index contributed by atoms with van der Waals surface area (Å²) in [6.07, 6.45) is 4.29. The van der Waals surface area contributed by atoms with E-state index in [1.807, 2.05) is 4.90 Å². The van der Waals surface area contributed by atoms with Gasteiger partial charge in [-0.05, 0) is 25.2 Å². The average molecular weight is 242 g/mol. The maximum absolute atomic E-state index is 12.2. The Morgan fingerprint density at radius 2 is 2.00 bits per heavy atom. The van der Waals surface area contributed by atoms with Crippen molar-refractivity contribution in [2.45, 2.75) is 39.5 Å². The Bertz CT molecular complexity index is 225. The van der Waals surface area contributed by atoms with Gasteiger partial charge < -0.3 is 14.9 Å². The number of aliphatic hydroxyl groups excluding tert-OH is 1. The Balaban J connectivity index is 2.45. The highest BCUT2D eigenvalue weighted by atomic mass is 16.3. The molecule has 100 valence electrons. The molecule has 4 nitrogen and oxygen atoms in total. The molecule has 4 heteroatoms. The summed E-state index contributed by atoms with van der Waals surface area (Å²) in [6.45, 7) is 7.38. The van der Waals surface area contributed by atoms with E-state index in [4.69, 9.17) is 5.11 Å². The molecule has 1 fully saturated rings. The Morgan fingerprint density at radius 1 is 1.35 bits per heavy atom. The van der Waals surface area contributed by atoms with Crippen molar-refractivity contribution in [2.75, 3.05) is 32.8 Å². The van der Waals surface area contributed by atoms with Crippen LogP contribution in [0.1, 0.15) is 39.5 Å². The zero-order chi connectivity index (χ0) is 12.7. The van der Waals surface area contributed by atoms with Crippen LogP contribution in [0.2, 0.25) is 0 Å². The second-order valence-electron chi connectivity index (χ2n) is 5.02. The molecule has 0 unspecified atom stereocenters. The quantitative estimate of drug-likeness (QED) is 0.800. The smallest absolute Gasteiger partial charge is 0.320 e. The van der Waals surface area contributed by atoms with Crippen LogP contribution in [0, 0.1) is 5.92 Å². The van der Waals surface area contributed by atoms with E-state index in [2.05, 4.69) is 13.8 Å². The number of rotatable bonds is 5. The molecule has 1 aliphatic rings. The number of unbranched alkanes of at least 4 members (excludes halogenated alkanes) is 1. The van der Waals surface area contributed by atoms with Crippen LogP contribution in [0.4, 0.5) is 4.79 Å². The minimum atomic E-state index is 0.0553. The largest absolute Gasteiger partial charge is 0.395 e. The van der Waals surface area contributed by atoms with Crippen molar-refractivity contribution in [3.05, 3.63) is 0 Å². The van der Waals surface area contributed by atoms with Gasteiger partial charge in [-0.1, -0.05) is 20.3 Å². The van der Waals surface area contributed by atoms with Gasteiger partial charge in [-0.3, -0.25) is 0 Å². The van der Waals surface area contributed by atoms with E-state index in [-0.39, 0.29) is 12.6 Å². The van der Waals surface area contributed by atoms with Crippen molar-refractivity contribution < 1.29 is 9.90 Å². The molecular formula is C13H26N2O2. The first kappa shape index (κ1) is 14.3. The standard InChI is InChI=1S/C13H26N2O2/c1-3-4-7-14(10-11-16)13(17)15-8-5-12(2)6-9-15/h12,16H,3-11H2,1-2H3. The molecule has 0 aromatic heterocycles. The van der Waals surface area contributed by atoms with E-state index in [1.165, 1.54) is 0 Å². The van der Waals surface area contributed by atoms with Crippen LogP contribution in [0.25, 0.3) is 0 Å². The van der Waals surface area contributed by atoms with Crippen LogP contribution in [0.15, 0.2) is 0 Å². The molecule has 0 spiro atoms. The van der Waals surface area contributed by atoms with Gasteiger partial charge in [0.15, 0.2) is 0 Å². The molecule has 0 atom stereocenters. The maximum atomic E-state index is 12.2. The lowest BCUT2D eigenvalue weighted by Gasteiger charge is -2.34. The van der Waals surface area contributed by atoms with Crippen LogP contribution in [-0.2, 0) is 0 Å². The summed E-state index contributed by atoms with van der Waals surface area (Å²) in [5.74, 6) is 0.737. The van der Waals surface area contributed by atoms with Crippen LogP contribution in [0.3, 0.4) is 0 Å². The number of urea groups is 1. The number of carbonyl (C=O) groups excluding carboxylic acids is 1. The third-order valence-electron chi connectivity index (χ3n) is 3.48. The number of nitrogens with zero attached hydrogens (tertiary/aromatic N) is 2. The average Bonchev–Trinajstić information content (AvgIpc) is 2.34. The van der Waals surface area contributed by atoms with Gasteiger partial charge in [0.2, 0.25) is 0 Å². The first-order chi connectivity index (χ1) is 8.19. The molecule has 0 aromatic carbocycles. The number of amides is 2. The summed E-state index contributed by atoms with van der Waals surface area (Å²) in [6, 6.07) is 0.111. The van der Waals surface area contributed by atoms with Crippen LogP contribution in [-0.4, -0.2) is 53.7 Å². The van der Waals surface area contributed by atoms with Crippen molar-refractivity contribution in [1.82, 2.24) is 9.80 Å². The second kappa shape index (κ2) is 7.54. The van der Waals surface area contributed by atoms with E-state index in [0.717, 1.165) is 51.2 Å². The number of likely N-dealkylation sites (tertiary alicyclic amines) is 1. The summed E-state index contributed by atoms with van der Waals surface area (Å²) in [5, 5.41) is 9.01. The Morgan fingerprint density at radius 3 is 2.53 bits per heavy atom. The Hall–Kier alpha value is -0.770. The van der Waals surface area contributed by atoms with Crippen molar-refractivity contribution in [1.29, 1.82) is 0 Å². The molecule has 0 aliphatic carbocycles. The highest BCUT2D eigenvalue weighted by Gasteiger charge is 2.23. The maximum Gasteiger partial charge on any atom is 0.320 e. The molecule has 0 bridgehead atoms. The van der Waals surface area contributed by atoms with E-state index in [0.29, 0.717) is 6.54 Å². The van der Waals surface area contributed by atoms with Gasteiger partial charge >= 0.3 is 6.03 Å². The minimum absolute atomic E-state index is 0.0553. The third-order valence-corrected chi connectivity index (χ3v) is 3.48. The SMILES string of the molecule is CCCCN(CCO)C(=O)N1CCC(C)CC1. The lowest BCUT2D eigenvalue weighted by Crippen LogP contribution is -2.47. The van der Waals surface area contributed by atoms with Crippen molar-refractivity contribution in [3.63, 3.8) is 0 Å². The van der Waals surface area contributed by atoms with Gasteiger partial charge in [-0.25, -0.2) is 4.79 Å². The predicted octanol–water partition coefficient (Wildman–Crippen LogP) is 1.93. The molecular weight excluding hydrogens is 216 g/mol. The summed E-state index contributed by atoms with van der Waals surface area (Å²) in [4.78, 5) is 16.0. The molecule has 1 rings (SSSR count). The molecule has 1 heterocycles. The molecule has 0 saturated carbocycles. The molecule has 1 N–H and O–H groups in total. The Labute approximate surface area is 105 Å². The van der Waals surface area contributed by atoms with E-state index >= 15 is 0 Å². The van der Waals surface area contributed by atoms with Gasteiger partial charge in [0, 0.05) is 26.2 Å². The fourth-order valence-corrected chi connectivity index (χ4v) is 2.17. The van der Waals surface area contributed by atoms with Crippen LogP contribution < -0.4 is 0 Å². The number of hydrogen-bond donors (Lipinski definition) is 1. The lowest BCUT2D eigenvalue weighted by molar-refractivity contribution is 0.124. The van der Waals surface area contributed by atoms with Gasteiger partial charge in [-0.2, -0.15) is 0 Å². The van der Waals surface area contributed by atoms with Crippen LogP contribution in [0.5, 0.6) is 0 Å². The molecule has 1 aliphatic heterocycles. The number of carbonyl (C=O) groups is 1. The van der Waals surface area contributed by atoms with Gasteiger partial charge in [-0.15, -0.1) is 0 Å². The zero-order valence-corrected chi connectivity index (χ0v) is 11.2. The fourth-order valence-electron chi connectivity index (χ4n) is 2.17. The first-order valence-electron chi connectivity index (χ1n) is 6.83. The highest BCUT2D eigenvalue weighted by Crippen LogP contribution is 2.17. The number of hydrogen-bond acceptors (Lipinski definition) is 2. The molecule has 17 heavy (non-hydrogen) atoms. The monoisotopic (exact) mass is 242 g/mol. The normalized spacial score (nSPS) is 17.2. The third kappa shape index (κ3) is 4.54. The molecule has 0 aromatic rings. The zero-order valence-electron chi connectivity index (χ0n) is 11.2. The molecule has 2 amide bonds. The van der Waals surface area contributed by atoms with Crippen LogP contribution >= 0.6 is 0 Å². The van der Waals surface area contributed by atoms with Crippen molar-refractivity contribution in [3.8, 4) is 0 Å². The summed E-state index contributed by atoms with van der Waals surface area (Å²) >= 11 is 0. The fraction of sp³-hybridized carbons (Fsp3) is 0.923.